The fourth-order valence-corrected chi connectivity index (χ4v) is 12.4. The summed E-state index contributed by atoms with van der Waals surface area (Å²) in [4.78, 5) is 73.4. The number of nitrogens with one attached hydrogen (secondary N) is 2. The van der Waals surface area contributed by atoms with Crippen LogP contribution in [0.3, 0.4) is 0 Å². The Labute approximate surface area is 417 Å². The number of amides is 2. The number of allylic oxidation sites excluding steroid dienone is 2. The van der Waals surface area contributed by atoms with Gasteiger partial charge < -0.3 is 53.0 Å². The Morgan fingerprint density at radius 1 is 1.03 bits per heavy atom. The van der Waals surface area contributed by atoms with Crippen molar-refractivity contribution in [3.8, 4) is 0 Å². The second-order valence-electron chi connectivity index (χ2n) is 21.5. The predicted molar refractivity (Wildman–Crippen MR) is 258 cm³/mol. The number of fused-ring (bicyclic) bond motifs is 2. The van der Waals surface area contributed by atoms with E-state index >= 15 is 0 Å². The maximum absolute atomic E-state index is 14.9. The quantitative estimate of drug-likeness (QED) is 0.0675. The zero-order valence-corrected chi connectivity index (χ0v) is 44.9. The number of hydrogen-bond donors (Lipinski definition) is 3. The van der Waals surface area contributed by atoms with Gasteiger partial charge in [-0.25, -0.2) is 9.59 Å². The van der Waals surface area contributed by atoms with Gasteiger partial charge >= 0.3 is 12.1 Å². The molecular formula is C49H73Cl2N3O14Si. The average Bonchev–Trinajstić information content (AvgIpc) is 3.78. The first-order chi connectivity index (χ1) is 32.1. The molecular weight excluding hydrogens is 954 g/mol. The summed E-state index contributed by atoms with van der Waals surface area (Å²) in [6, 6.07) is -2.10. The highest BCUT2D eigenvalue weighted by Gasteiger charge is 2.59. The number of nitrogens with zero attached hydrogens (tertiary/aromatic N) is 1. The number of ketones is 1. The number of aryl methyl sites for hydroxylation is 1. The molecule has 17 nitrogen and oxygen atoms in total. The molecule has 0 bridgehead atoms. The molecule has 1 aromatic rings. The molecule has 386 valence electrons. The van der Waals surface area contributed by atoms with Crippen LogP contribution in [0.25, 0.3) is 0 Å². The molecule has 20 heteroatoms. The Hall–Kier alpha value is -3.33. The number of Topliss-reactive ketones (excluding diaryl/α,β-unsaturated/α-hetero) is 1. The first-order valence-electron chi connectivity index (χ1n) is 24.0. The van der Waals surface area contributed by atoms with E-state index in [1.165, 1.54) is 19.1 Å². The number of aliphatic hydroxyl groups is 1. The largest absolute Gasteiger partial charge is 0.509 e. The summed E-state index contributed by atoms with van der Waals surface area (Å²) >= 11 is 12.8. The summed E-state index contributed by atoms with van der Waals surface area (Å²) in [5.41, 5.74) is -0.285. The van der Waals surface area contributed by atoms with E-state index < -0.39 is 129 Å². The van der Waals surface area contributed by atoms with Crippen LogP contribution in [-0.2, 0) is 52.0 Å². The molecule has 69 heavy (non-hydrogen) atoms. The van der Waals surface area contributed by atoms with Gasteiger partial charge in [0.1, 0.15) is 35.3 Å². The van der Waals surface area contributed by atoms with Gasteiger partial charge in [0.25, 0.3) is 5.91 Å². The van der Waals surface area contributed by atoms with Gasteiger partial charge in [0.2, 0.25) is 5.91 Å². The summed E-state index contributed by atoms with van der Waals surface area (Å²) in [5.74, 6) is -4.69. The van der Waals surface area contributed by atoms with Gasteiger partial charge in [-0.15, -0.1) is 0 Å². The molecule has 2 amide bonds. The highest BCUT2D eigenvalue weighted by Crippen LogP contribution is 2.49. The standard InChI is InChI=1S/C49H73Cl2N3O14Si/c1-22(2)39(46(58)62-13)54(45-42(61-12)41-40(26(6)64-45)66-47(59)67-41)32(56)20-30(55)35-24(4)16-18-29-31(19-17-23(3)34(29)35)65-33-21-49(60,43(27(7)63-33)68-69(14,15)48(9,10)11)28(8)53-44(57)38-37(51)36(50)25(5)52-38/h16,18,22,24,26-29,31,33-35,39-43,45,52,60H,3,17,19-21H2,1-2,4-15H3,(H,53,57)/t24-,26-,27+,28-,29-,31+,33-,34-,35+,39-,40+,41+,42+,43+,45+,49+/m0/s1. The van der Waals surface area contributed by atoms with E-state index in [2.05, 4.69) is 50.7 Å². The van der Waals surface area contributed by atoms with Crippen molar-refractivity contribution >= 4 is 61.2 Å². The van der Waals surface area contributed by atoms with Crippen molar-refractivity contribution in [1.29, 1.82) is 0 Å². The van der Waals surface area contributed by atoms with E-state index in [-0.39, 0.29) is 44.8 Å². The number of hydrogen-bond acceptors (Lipinski definition) is 14. The normalized spacial score (nSPS) is 34.5. The molecule has 1 aromatic heterocycles. The van der Waals surface area contributed by atoms with Crippen LogP contribution >= 0.6 is 23.2 Å². The molecule has 0 unspecified atom stereocenters. The Balaban J connectivity index is 1.26. The smallest absolute Gasteiger partial charge is 0.467 e. The lowest BCUT2D eigenvalue weighted by molar-refractivity contribution is -0.293. The third kappa shape index (κ3) is 10.8. The number of ether oxygens (including phenoxy) is 7. The highest BCUT2D eigenvalue weighted by molar-refractivity contribution is 6.74. The van der Waals surface area contributed by atoms with Crippen molar-refractivity contribution in [3.63, 3.8) is 0 Å². The van der Waals surface area contributed by atoms with Crippen molar-refractivity contribution in [1.82, 2.24) is 15.2 Å². The van der Waals surface area contributed by atoms with Crippen molar-refractivity contribution in [2.75, 3.05) is 14.2 Å². The Kier molecular flexibility index (Phi) is 16.8. The van der Waals surface area contributed by atoms with Crippen LogP contribution in [0.4, 0.5) is 4.79 Å². The van der Waals surface area contributed by atoms with E-state index in [0.29, 0.717) is 18.5 Å². The predicted octanol–water partition coefficient (Wildman–Crippen LogP) is 7.44. The third-order valence-electron chi connectivity index (χ3n) is 15.5. The molecule has 2 aliphatic carbocycles. The molecule has 0 aromatic carbocycles. The summed E-state index contributed by atoms with van der Waals surface area (Å²) < 4.78 is 48.6. The Bertz CT molecular complexity index is 2160. The van der Waals surface area contributed by atoms with Gasteiger partial charge in [-0.05, 0) is 76.4 Å². The lowest BCUT2D eigenvalue weighted by atomic mass is 9.61. The summed E-state index contributed by atoms with van der Waals surface area (Å²) in [6.07, 6.45) is -4.49. The van der Waals surface area contributed by atoms with Crippen LogP contribution in [0.2, 0.25) is 28.2 Å². The number of rotatable bonds is 15. The van der Waals surface area contributed by atoms with Crippen LogP contribution in [0, 0.1) is 36.5 Å². The van der Waals surface area contributed by atoms with Crippen LogP contribution < -0.4 is 5.32 Å². The van der Waals surface area contributed by atoms with E-state index in [9.17, 15) is 29.1 Å². The number of H-pyrrole nitrogens is 1. The molecule has 6 rings (SSSR count). The molecule has 16 atom stereocenters. The van der Waals surface area contributed by atoms with Crippen LogP contribution in [0.15, 0.2) is 24.3 Å². The monoisotopic (exact) mass is 1030 g/mol. The summed E-state index contributed by atoms with van der Waals surface area (Å²) in [6.45, 7) is 27.2. The second kappa shape index (κ2) is 21.0. The number of esters is 1. The molecule has 0 spiro atoms. The number of carbonyl (C=O) groups is 5. The SMILES string of the molecule is C=C1CC[C@@H](O[C@H]2C[C@@](O)([C@H](C)NC(=O)c3[nH]c(C)c(Cl)c3Cl)[C@H](O[Si](C)(C)C(C)(C)C)[C@@H](C)O2)[C@@H]2C=C[C@H](C)[C@H](C(=O)CC(=O)N([C@H](C(=O)OC)C(C)C)[C@@H]3O[C@@H](C)[C@H]4OC(=O)O[C@H]4[C@H]3OC)[C@@H]12. The van der Waals surface area contributed by atoms with Gasteiger partial charge in [-0.2, -0.15) is 0 Å². The van der Waals surface area contributed by atoms with Crippen molar-refractivity contribution in [2.24, 2.45) is 29.6 Å². The number of aromatic amines is 1. The molecule has 1 saturated carbocycles. The molecule has 4 heterocycles. The minimum absolute atomic E-state index is 0.0681. The maximum atomic E-state index is 14.9. The van der Waals surface area contributed by atoms with Crippen LogP contribution in [-0.4, -0.2) is 140 Å². The molecule has 3 aliphatic heterocycles. The second-order valence-corrected chi connectivity index (χ2v) is 27.0. The van der Waals surface area contributed by atoms with E-state index in [0.717, 1.165) is 5.57 Å². The highest BCUT2D eigenvalue weighted by atomic mass is 35.5. The Morgan fingerprint density at radius 3 is 2.26 bits per heavy atom. The fraction of sp³-hybridized carbons (Fsp3) is 0.735. The van der Waals surface area contributed by atoms with Crippen molar-refractivity contribution in [2.45, 2.75) is 186 Å². The minimum atomic E-state index is -2.55. The summed E-state index contributed by atoms with van der Waals surface area (Å²) in [7, 11) is 0.0425. The Morgan fingerprint density at radius 2 is 1.68 bits per heavy atom. The molecule has 4 fully saturated rings. The van der Waals surface area contributed by atoms with E-state index in [1.54, 1.807) is 34.6 Å². The van der Waals surface area contributed by atoms with Gasteiger partial charge in [-0.1, -0.05) is 89.0 Å². The zero-order valence-electron chi connectivity index (χ0n) is 42.4. The molecule has 5 aliphatic rings. The molecule has 3 N–H and O–H groups in total. The lowest BCUT2D eigenvalue weighted by Gasteiger charge is -2.53. The van der Waals surface area contributed by atoms with Gasteiger partial charge in [0, 0.05) is 31.1 Å². The van der Waals surface area contributed by atoms with Crippen LogP contribution in [0.5, 0.6) is 0 Å². The lowest BCUT2D eigenvalue weighted by Crippen LogP contribution is -2.68. The van der Waals surface area contributed by atoms with Gasteiger partial charge in [0.15, 0.2) is 33.0 Å². The first kappa shape index (κ1) is 55.0. The number of halogens is 2. The van der Waals surface area contributed by atoms with E-state index in [4.69, 9.17) is 60.8 Å². The van der Waals surface area contributed by atoms with E-state index in [1.807, 2.05) is 26.0 Å². The maximum Gasteiger partial charge on any atom is 0.509 e. The number of methoxy groups -OCH3 is 2. The van der Waals surface area contributed by atoms with Crippen molar-refractivity contribution in [3.05, 3.63) is 45.7 Å². The zero-order chi connectivity index (χ0) is 51.4. The van der Waals surface area contributed by atoms with Crippen molar-refractivity contribution < 1.29 is 66.7 Å². The van der Waals surface area contributed by atoms with Gasteiger partial charge in [0.05, 0.1) is 47.9 Å². The molecule has 3 saturated heterocycles. The number of carbonyl (C=O) groups excluding carboxylic acids is 5. The van der Waals surface area contributed by atoms with Gasteiger partial charge in [-0.3, -0.25) is 19.3 Å². The first-order valence-corrected chi connectivity index (χ1v) is 27.6. The topological polar surface area (TPSA) is 210 Å². The summed E-state index contributed by atoms with van der Waals surface area (Å²) in [5, 5.41) is 16.0. The number of aromatic nitrogens is 1. The average molecular weight is 1030 g/mol. The molecule has 0 radical (unpaired) electrons. The third-order valence-corrected chi connectivity index (χ3v) is 20.9. The van der Waals surface area contributed by atoms with Crippen LogP contribution in [0.1, 0.15) is 104 Å². The fourth-order valence-electron chi connectivity index (χ4n) is 10.6. The minimum Gasteiger partial charge on any atom is -0.467 e.